The van der Waals surface area contributed by atoms with Crippen LogP contribution in [0.15, 0.2) is 54.5 Å². The molecule has 13 heteroatoms. The van der Waals surface area contributed by atoms with Crippen LogP contribution in [0.1, 0.15) is 35.0 Å². The molecule has 222 valence electrons. The smallest absolute Gasteiger partial charge is 0.317 e. The molecule has 2 aliphatic rings. The number of rotatable bonds is 7. The molecule has 0 bridgehead atoms. The number of hydrogen-bond acceptors (Lipinski definition) is 7. The Morgan fingerprint density at radius 2 is 1.90 bits per heavy atom. The van der Waals surface area contributed by atoms with Crippen LogP contribution < -0.4 is 16.4 Å². The molecule has 42 heavy (non-hydrogen) atoms. The molecule has 1 aromatic carbocycles. The summed E-state index contributed by atoms with van der Waals surface area (Å²) in [5.41, 5.74) is 8.64. The highest BCUT2D eigenvalue weighted by Gasteiger charge is 2.28. The van der Waals surface area contributed by atoms with E-state index in [9.17, 15) is 18.4 Å². The van der Waals surface area contributed by atoms with Gasteiger partial charge in [0, 0.05) is 75.1 Å². The molecule has 3 amide bonds. The van der Waals surface area contributed by atoms with E-state index in [4.69, 9.17) is 10.5 Å². The number of methoxy groups -OCH3 is 1. The lowest BCUT2D eigenvalue weighted by Crippen LogP contribution is -2.54. The predicted octanol–water partition coefficient (Wildman–Crippen LogP) is 3.55. The number of carbonyl (C=O) groups is 2. The summed E-state index contributed by atoms with van der Waals surface area (Å²) in [6, 6.07) is 5.06. The Morgan fingerprint density at radius 1 is 1.17 bits per heavy atom. The molecule has 5 rings (SSSR count). The van der Waals surface area contributed by atoms with E-state index in [0.29, 0.717) is 61.1 Å². The van der Waals surface area contributed by atoms with Gasteiger partial charge in [-0.3, -0.25) is 9.20 Å². The maximum absolute atomic E-state index is 14.8. The van der Waals surface area contributed by atoms with Crippen molar-refractivity contribution in [2.45, 2.75) is 32.4 Å². The van der Waals surface area contributed by atoms with Crippen molar-refractivity contribution in [1.29, 1.82) is 0 Å². The van der Waals surface area contributed by atoms with E-state index in [1.54, 1.807) is 44.8 Å². The first-order valence-electron chi connectivity index (χ1n) is 13.7. The summed E-state index contributed by atoms with van der Waals surface area (Å²) in [5, 5.41) is 6.02. The summed E-state index contributed by atoms with van der Waals surface area (Å²) in [5.74, 6) is -1.60. The summed E-state index contributed by atoms with van der Waals surface area (Å²) in [6.07, 6.45) is 5.51. The number of benzene rings is 1. The SMILES string of the molecule is COC1CC=C(c2cnc3c(Nc4ccc(C(=O)N5CCN(C(=O)NC[C@H](C)N)CC5)c(C)c4)nccn23)C(F)=C1F. The lowest BCUT2D eigenvalue weighted by molar-refractivity contribution is 0.0664. The highest BCUT2D eigenvalue weighted by Crippen LogP contribution is 2.36. The molecule has 2 aromatic heterocycles. The van der Waals surface area contributed by atoms with Gasteiger partial charge >= 0.3 is 6.03 Å². The summed E-state index contributed by atoms with van der Waals surface area (Å²) >= 11 is 0. The van der Waals surface area contributed by atoms with Crippen LogP contribution in [-0.4, -0.2) is 88.1 Å². The zero-order chi connectivity index (χ0) is 30.0. The monoisotopic (exact) mass is 580 g/mol. The Bertz CT molecular complexity index is 1560. The number of imidazole rings is 1. The fourth-order valence-electron chi connectivity index (χ4n) is 5.07. The number of nitrogens with zero attached hydrogens (tertiary/aromatic N) is 5. The van der Waals surface area contributed by atoms with E-state index in [1.807, 2.05) is 19.9 Å². The van der Waals surface area contributed by atoms with Crippen molar-refractivity contribution in [3.63, 3.8) is 0 Å². The minimum absolute atomic E-state index is 0.105. The van der Waals surface area contributed by atoms with Gasteiger partial charge in [-0.1, -0.05) is 6.08 Å². The number of ether oxygens (including phenoxy) is 1. The Labute approximate surface area is 242 Å². The Hall–Kier alpha value is -4.36. The number of carbonyl (C=O) groups excluding carboxylic acids is 2. The number of aryl methyl sites for hydroxylation is 1. The number of urea groups is 1. The maximum Gasteiger partial charge on any atom is 0.317 e. The van der Waals surface area contributed by atoms with E-state index < -0.39 is 17.8 Å². The van der Waals surface area contributed by atoms with Gasteiger partial charge in [0.15, 0.2) is 23.1 Å². The van der Waals surface area contributed by atoms with Gasteiger partial charge in [0.2, 0.25) is 0 Å². The average Bonchev–Trinajstić information content (AvgIpc) is 3.42. The van der Waals surface area contributed by atoms with Gasteiger partial charge in [-0.05, 0) is 44.0 Å². The summed E-state index contributed by atoms with van der Waals surface area (Å²) in [4.78, 5) is 37.8. The lowest BCUT2D eigenvalue weighted by atomic mass is 10.0. The van der Waals surface area contributed by atoms with Crippen molar-refractivity contribution in [1.82, 2.24) is 29.5 Å². The minimum atomic E-state index is -0.969. The molecule has 3 heterocycles. The van der Waals surface area contributed by atoms with Crippen molar-refractivity contribution in [2.75, 3.05) is 45.2 Å². The highest BCUT2D eigenvalue weighted by atomic mass is 19.2. The second-order valence-corrected chi connectivity index (χ2v) is 10.4. The molecule has 1 aliphatic heterocycles. The van der Waals surface area contributed by atoms with Crippen LogP contribution in [0.25, 0.3) is 11.2 Å². The highest BCUT2D eigenvalue weighted by molar-refractivity contribution is 5.96. The Morgan fingerprint density at radius 3 is 2.60 bits per heavy atom. The molecule has 11 nitrogen and oxygen atoms in total. The number of halogens is 2. The molecule has 3 aromatic rings. The number of anilines is 2. The zero-order valence-corrected chi connectivity index (χ0v) is 23.7. The number of allylic oxidation sites excluding steroid dienone is 2. The van der Waals surface area contributed by atoms with Crippen molar-refractivity contribution in [3.05, 3.63) is 71.3 Å². The molecular weight excluding hydrogens is 546 g/mol. The Kier molecular flexibility index (Phi) is 8.50. The number of piperazine rings is 1. The van der Waals surface area contributed by atoms with Crippen LogP contribution in [0.5, 0.6) is 0 Å². The topological polar surface area (TPSA) is 130 Å². The van der Waals surface area contributed by atoms with E-state index in [-0.39, 0.29) is 30.0 Å². The van der Waals surface area contributed by atoms with Gasteiger partial charge in [0.05, 0.1) is 11.9 Å². The van der Waals surface area contributed by atoms with Gasteiger partial charge in [-0.2, -0.15) is 0 Å². The first kappa shape index (κ1) is 29.1. The third kappa shape index (κ3) is 5.83. The number of nitrogens with two attached hydrogens (primary N) is 1. The van der Waals surface area contributed by atoms with Crippen LogP contribution in [0.2, 0.25) is 0 Å². The number of amides is 3. The van der Waals surface area contributed by atoms with Crippen molar-refractivity contribution in [2.24, 2.45) is 5.73 Å². The largest absolute Gasteiger partial charge is 0.374 e. The molecule has 1 aliphatic carbocycles. The van der Waals surface area contributed by atoms with Crippen LogP contribution >= 0.6 is 0 Å². The summed E-state index contributed by atoms with van der Waals surface area (Å²) < 4.78 is 35.9. The van der Waals surface area contributed by atoms with Gasteiger partial charge in [-0.25, -0.2) is 23.5 Å². The molecular formula is C29H34F2N8O3. The third-order valence-electron chi connectivity index (χ3n) is 7.40. The molecule has 0 saturated carbocycles. The number of fused-ring (bicyclic) bond motifs is 1. The van der Waals surface area contributed by atoms with Gasteiger partial charge < -0.3 is 30.9 Å². The van der Waals surface area contributed by atoms with Crippen molar-refractivity contribution < 1.29 is 23.1 Å². The second-order valence-electron chi connectivity index (χ2n) is 10.4. The quantitative estimate of drug-likeness (QED) is 0.390. The molecule has 4 N–H and O–H groups in total. The predicted molar refractivity (Wildman–Crippen MR) is 155 cm³/mol. The standard InChI is InChI=1S/C29H34F2N8O3/c1-17-14-19(4-5-20(17)28(40)37-10-12-38(13-11-37)29(41)35-15-18(2)32)36-26-27-34-16-22(39(27)9-8-33-26)21-6-7-23(42-3)25(31)24(21)30/h4-6,8-9,14,16,18,23H,7,10-13,15,32H2,1-3H3,(H,33,36)(H,35,41)/t18-,23?/m0/s1. The minimum Gasteiger partial charge on any atom is -0.374 e. The first-order valence-corrected chi connectivity index (χ1v) is 13.7. The third-order valence-corrected chi connectivity index (χ3v) is 7.40. The van der Waals surface area contributed by atoms with Crippen LogP contribution in [0, 0.1) is 6.92 Å². The van der Waals surface area contributed by atoms with Crippen LogP contribution in [0.4, 0.5) is 25.1 Å². The fraction of sp³-hybridized carbons (Fsp3) is 0.379. The average molecular weight is 581 g/mol. The van der Waals surface area contributed by atoms with E-state index in [2.05, 4.69) is 20.6 Å². The van der Waals surface area contributed by atoms with Gasteiger partial charge in [-0.15, -0.1) is 0 Å². The van der Waals surface area contributed by atoms with Gasteiger partial charge in [0.25, 0.3) is 5.91 Å². The summed E-state index contributed by atoms with van der Waals surface area (Å²) in [7, 11) is 1.34. The molecule has 1 fully saturated rings. The Balaban J connectivity index is 1.28. The molecule has 1 unspecified atom stereocenters. The lowest BCUT2D eigenvalue weighted by Gasteiger charge is -2.35. The van der Waals surface area contributed by atoms with Gasteiger partial charge in [0.1, 0.15) is 6.10 Å². The molecule has 2 atom stereocenters. The molecule has 1 saturated heterocycles. The summed E-state index contributed by atoms with van der Waals surface area (Å²) in [6.45, 7) is 5.81. The zero-order valence-electron chi connectivity index (χ0n) is 23.7. The fourth-order valence-corrected chi connectivity index (χ4v) is 5.07. The van der Waals surface area contributed by atoms with E-state index in [0.717, 1.165) is 5.56 Å². The number of aromatic nitrogens is 3. The molecule has 0 spiro atoms. The maximum atomic E-state index is 14.8. The van der Waals surface area contributed by atoms with E-state index >= 15 is 0 Å². The number of hydrogen-bond donors (Lipinski definition) is 3. The second kappa shape index (κ2) is 12.2. The van der Waals surface area contributed by atoms with Crippen LogP contribution in [-0.2, 0) is 4.74 Å². The van der Waals surface area contributed by atoms with Crippen molar-refractivity contribution >= 4 is 34.7 Å². The normalized spacial score (nSPS) is 18.2. The number of nitrogens with one attached hydrogen (secondary N) is 2. The first-order chi connectivity index (χ1) is 20.2. The van der Waals surface area contributed by atoms with Crippen molar-refractivity contribution in [3.8, 4) is 0 Å². The molecule has 0 radical (unpaired) electrons. The van der Waals surface area contributed by atoms with Crippen LogP contribution in [0.3, 0.4) is 0 Å². The van der Waals surface area contributed by atoms with E-state index in [1.165, 1.54) is 13.3 Å².